The Hall–Kier alpha value is -3.00. The molecule has 2 heterocycles. The number of aryl methyl sites for hydroxylation is 1. The lowest BCUT2D eigenvalue weighted by molar-refractivity contribution is -0.118. The fourth-order valence-electron chi connectivity index (χ4n) is 2.19. The van der Waals surface area contributed by atoms with E-state index in [4.69, 9.17) is 0 Å². The summed E-state index contributed by atoms with van der Waals surface area (Å²) in [6.45, 7) is 1.76. The first-order chi connectivity index (χ1) is 11.6. The number of nitrogens with one attached hydrogen (secondary N) is 3. The number of carbonyl (C=O) groups excluding carboxylic acids is 2. The van der Waals surface area contributed by atoms with Crippen molar-refractivity contribution >= 4 is 29.0 Å². The van der Waals surface area contributed by atoms with Gasteiger partial charge in [-0.3, -0.25) is 14.7 Å². The van der Waals surface area contributed by atoms with Crippen molar-refractivity contribution in [1.82, 2.24) is 20.5 Å². The first-order valence-corrected chi connectivity index (χ1v) is 8.09. The van der Waals surface area contributed by atoms with E-state index < -0.39 is 6.04 Å². The maximum Gasteiger partial charge on any atom is 0.264 e. The minimum Gasteiger partial charge on any atom is -0.336 e. The molecular formula is C16H15N5O2S. The monoisotopic (exact) mass is 341 g/mol. The number of aromatic amines is 1. The number of carbonyl (C=O) groups is 2. The van der Waals surface area contributed by atoms with Crippen molar-refractivity contribution in [3.8, 4) is 0 Å². The van der Waals surface area contributed by atoms with Crippen molar-refractivity contribution in [3.05, 3.63) is 64.2 Å². The number of thiazole rings is 1. The summed E-state index contributed by atoms with van der Waals surface area (Å²) < 4.78 is 0. The van der Waals surface area contributed by atoms with Gasteiger partial charge in [-0.25, -0.2) is 4.98 Å². The van der Waals surface area contributed by atoms with Gasteiger partial charge < -0.3 is 10.6 Å². The number of aromatic nitrogens is 3. The van der Waals surface area contributed by atoms with Crippen molar-refractivity contribution in [3.63, 3.8) is 0 Å². The van der Waals surface area contributed by atoms with Gasteiger partial charge in [0.1, 0.15) is 16.7 Å². The molecule has 2 aromatic heterocycles. The number of hydrogen-bond acceptors (Lipinski definition) is 5. The van der Waals surface area contributed by atoms with Crippen LogP contribution in [0.1, 0.15) is 27.0 Å². The van der Waals surface area contributed by atoms with Gasteiger partial charge in [-0.05, 0) is 12.5 Å². The Morgan fingerprint density at radius 2 is 2.00 bits per heavy atom. The molecule has 0 radical (unpaired) electrons. The summed E-state index contributed by atoms with van der Waals surface area (Å²) in [6, 6.07) is 9.86. The molecule has 0 saturated heterocycles. The molecule has 2 amide bonds. The molecule has 8 heteroatoms. The molecule has 0 aliphatic heterocycles. The summed E-state index contributed by atoms with van der Waals surface area (Å²) in [7, 11) is 0. The molecule has 122 valence electrons. The summed E-state index contributed by atoms with van der Waals surface area (Å²) in [6.07, 6.45) is 1.53. The van der Waals surface area contributed by atoms with Crippen molar-refractivity contribution in [1.29, 1.82) is 0 Å². The molecule has 0 fully saturated rings. The van der Waals surface area contributed by atoms with Crippen LogP contribution in [0.2, 0.25) is 0 Å². The molecule has 1 unspecified atom stereocenters. The lowest BCUT2D eigenvalue weighted by atomic mass is 10.1. The third-order valence-electron chi connectivity index (χ3n) is 3.38. The van der Waals surface area contributed by atoms with E-state index in [1.54, 1.807) is 30.6 Å². The van der Waals surface area contributed by atoms with Crippen molar-refractivity contribution < 1.29 is 9.59 Å². The smallest absolute Gasteiger partial charge is 0.264 e. The minimum atomic E-state index is -0.830. The molecule has 7 nitrogen and oxygen atoms in total. The van der Waals surface area contributed by atoms with Crippen LogP contribution in [0.5, 0.6) is 0 Å². The average Bonchev–Trinajstić information content (AvgIpc) is 3.24. The van der Waals surface area contributed by atoms with Gasteiger partial charge in [0.05, 0.1) is 17.4 Å². The first kappa shape index (κ1) is 15.9. The maximum atomic E-state index is 12.6. The predicted octanol–water partition coefficient (Wildman–Crippen LogP) is 2.28. The SMILES string of the molecule is Cc1ncsc1C(=O)NC(C(=O)Nc1ccn[nH]1)c1ccccc1. The highest BCUT2D eigenvalue weighted by Gasteiger charge is 2.25. The van der Waals surface area contributed by atoms with E-state index in [1.165, 1.54) is 17.5 Å². The Labute approximate surface area is 142 Å². The van der Waals surface area contributed by atoms with Crippen LogP contribution in [-0.4, -0.2) is 27.0 Å². The summed E-state index contributed by atoms with van der Waals surface area (Å²) >= 11 is 1.24. The van der Waals surface area contributed by atoms with Crippen LogP contribution in [0, 0.1) is 6.92 Å². The number of nitrogens with zero attached hydrogens (tertiary/aromatic N) is 2. The number of rotatable bonds is 5. The molecule has 0 aliphatic carbocycles. The van der Waals surface area contributed by atoms with Crippen molar-refractivity contribution in [2.45, 2.75) is 13.0 Å². The molecule has 1 atom stereocenters. The fourth-order valence-corrected chi connectivity index (χ4v) is 2.90. The quantitative estimate of drug-likeness (QED) is 0.663. The largest absolute Gasteiger partial charge is 0.336 e. The van der Waals surface area contributed by atoms with E-state index in [1.807, 2.05) is 18.2 Å². The second kappa shape index (κ2) is 7.05. The topological polar surface area (TPSA) is 99.8 Å². The summed E-state index contributed by atoms with van der Waals surface area (Å²) in [5.41, 5.74) is 2.93. The van der Waals surface area contributed by atoms with E-state index in [0.29, 0.717) is 22.0 Å². The van der Waals surface area contributed by atoms with E-state index in [0.717, 1.165) is 0 Å². The highest BCUT2D eigenvalue weighted by molar-refractivity contribution is 7.11. The Kier molecular flexibility index (Phi) is 4.66. The molecule has 3 aromatic rings. The van der Waals surface area contributed by atoms with Gasteiger partial charge in [0, 0.05) is 6.07 Å². The van der Waals surface area contributed by atoms with E-state index in [2.05, 4.69) is 25.8 Å². The van der Waals surface area contributed by atoms with Gasteiger partial charge >= 0.3 is 0 Å². The third-order valence-corrected chi connectivity index (χ3v) is 4.31. The molecule has 3 rings (SSSR count). The second-order valence-electron chi connectivity index (χ2n) is 5.04. The molecule has 3 N–H and O–H groups in total. The number of H-pyrrole nitrogens is 1. The molecule has 0 bridgehead atoms. The molecule has 0 aliphatic rings. The number of amides is 2. The number of benzene rings is 1. The van der Waals surface area contributed by atoms with Gasteiger partial charge in [0.2, 0.25) is 0 Å². The normalized spacial score (nSPS) is 11.7. The Bertz CT molecular complexity index is 829. The van der Waals surface area contributed by atoms with Crippen LogP contribution >= 0.6 is 11.3 Å². The minimum absolute atomic E-state index is 0.330. The zero-order valence-electron chi connectivity index (χ0n) is 12.8. The lowest BCUT2D eigenvalue weighted by Crippen LogP contribution is -2.37. The average molecular weight is 341 g/mol. The van der Waals surface area contributed by atoms with Crippen LogP contribution in [0.3, 0.4) is 0 Å². The number of hydrogen-bond donors (Lipinski definition) is 3. The van der Waals surface area contributed by atoms with Crippen molar-refractivity contribution in [2.75, 3.05) is 5.32 Å². The van der Waals surface area contributed by atoms with Gasteiger partial charge in [-0.1, -0.05) is 30.3 Å². The van der Waals surface area contributed by atoms with E-state index >= 15 is 0 Å². The summed E-state index contributed by atoms with van der Waals surface area (Å²) in [5, 5.41) is 11.9. The van der Waals surface area contributed by atoms with Crippen LogP contribution in [0.4, 0.5) is 5.82 Å². The molecule has 24 heavy (non-hydrogen) atoms. The van der Waals surface area contributed by atoms with Gasteiger partial charge in [0.15, 0.2) is 0 Å². The molecule has 0 spiro atoms. The highest BCUT2D eigenvalue weighted by atomic mass is 32.1. The fraction of sp³-hybridized carbons (Fsp3) is 0.125. The molecular weight excluding hydrogens is 326 g/mol. The van der Waals surface area contributed by atoms with Gasteiger partial charge in [0.25, 0.3) is 11.8 Å². The molecule has 1 aromatic carbocycles. The highest BCUT2D eigenvalue weighted by Crippen LogP contribution is 2.18. The van der Waals surface area contributed by atoms with Gasteiger partial charge in [-0.15, -0.1) is 11.3 Å². The lowest BCUT2D eigenvalue weighted by Gasteiger charge is -2.18. The third kappa shape index (κ3) is 3.49. The molecule has 0 saturated carbocycles. The Morgan fingerprint density at radius 3 is 2.62 bits per heavy atom. The standard InChI is InChI=1S/C16H15N5O2S/c1-10-14(24-9-17-10)16(23)20-13(11-5-3-2-4-6-11)15(22)19-12-7-8-18-21-12/h2-9,13H,1H3,(H,20,23)(H2,18,19,21,22). The zero-order valence-corrected chi connectivity index (χ0v) is 13.6. The number of anilines is 1. The van der Waals surface area contributed by atoms with Gasteiger partial charge in [-0.2, -0.15) is 5.10 Å². The van der Waals surface area contributed by atoms with E-state index in [9.17, 15) is 9.59 Å². The van der Waals surface area contributed by atoms with Crippen LogP contribution in [0.25, 0.3) is 0 Å². The summed E-state index contributed by atoms with van der Waals surface area (Å²) in [5.74, 6) is -0.228. The summed E-state index contributed by atoms with van der Waals surface area (Å²) in [4.78, 5) is 29.6. The second-order valence-corrected chi connectivity index (χ2v) is 5.90. The van der Waals surface area contributed by atoms with E-state index in [-0.39, 0.29) is 11.8 Å². The van der Waals surface area contributed by atoms with Crippen LogP contribution < -0.4 is 10.6 Å². The van der Waals surface area contributed by atoms with Crippen molar-refractivity contribution in [2.24, 2.45) is 0 Å². The predicted molar refractivity (Wildman–Crippen MR) is 90.7 cm³/mol. The Morgan fingerprint density at radius 1 is 1.21 bits per heavy atom. The maximum absolute atomic E-state index is 12.6. The first-order valence-electron chi connectivity index (χ1n) is 7.21. The van der Waals surface area contributed by atoms with Crippen LogP contribution in [0.15, 0.2) is 48.1 Å². The zero-order chi connectivity index (χ0) is 16.9. The Balaban J connectivity index is 1.84. The van der Waals surface area contributed by atoms with Crippen LogP contribution in [-0.2, 0) is 4.79 Å².